The van der Waals surface area contributed by atoms with Crippen molar-refractivity contribution in [3.05, 3.63) is 0 Å². The van der Waals surface area contributed by atoms with Crippen LogP contribution in [0.3, 0.4) is 0 Å². The van der Waals surface area contributed by atoms with Crippen LogP contribution in [0.15, 0.2) is 0 Å². The fraction of sp³-hybridized carbons (Fsp3) is 1.00. The molecule has 0 spiro atoms. The highest BCUT2D eigenvalue weighted by Gasteiger charge is 2.16. The molecule has 1 heterocycles. The predicted octanol–water partition coefficient (Wildman–Crippen LogP) is 0.344. The summed E-state index contributed by atoms with van der Waals surface area (Å²) in [6.07, 6.45) is 0. The summed E-state index contributed by atoms with van der Waals surface area (Å²) in [6, 6.07) is 0. The Morgan fingerprint density at radius 2 is 2.50 bits per heavy atom. The summed E-state index contributed by atoms with van der Waals surface area (Å²) in [4.78, 5) is 0. The number of nitrogens with one attached hydrogen (secondary N) is 1. The fourth-order valence-corrected chi connectivity index (χ4v) is 1.08. The van der Waals surface area contributed by atoms with Crippen LogP contribution >= 0.6 is 12.0 Å². The van der Waals surface area contributed by atoms with E-state index in [4.69, 9.17) is 5.26 Å². The number of hydrogen-bond donors (Lipinski definition) is 2. The van der Waals surface area contributed by atoms with E-state index in [9.17, 15) is 0 Å². The molecule has 8 heavy (non-hydrogen) atoms. The lowest BCUT2D eigenvalue weighted by Gasteiger charge is -2.25. The quantitative estimate of drug-likeness (QED) is 0.333. The molecule has 1 rings (SSSR count). The molecule has 0 aliphatic carbocycles. The van der Waals surface area contributed by atoms with Crippen molar-refractivity contribution >= 4 is 12.0 Å². The summed E-state index contributed by atoms with van der Waals surface area (Å²) in [5.74, 6) is 1.59. The van der Waals surface area contributed by atoms with E-state index in [0.717, 1.165) is 30.9 Å². The van der Waals surface area contributed by atoms with Crippen LogP contribution in [-0.4, -0.2) is 24.1 Å². The molecule has 0 saturated carbocycles. The molecule has 0 atom stereocenters. The van der Waals surface area contributed by atoms with Crippen LogP contribution in [0.25, 0.3) is 0 Å². The Labute approximate surface area is 52.5 Å². The molecule has 1 aliphatic heterocycles. The minimum atomic E-state index is 0.701. The first-order valence-corrected chi connectivity index (χ1v) is 3.48. The van der Waals surface area contributed by atoms with Crippen molar-refractivity contribution in [3.8, 4) is 0 Å². The molecule has 0 aromatic carbocycles. The van der Waals surface area contributed by atoms with Crippen LogP contribution < -0.4 is 5.32 Å². The van der Waals surface area contributed by atoms with E-state index in [1.54, 1.807) is 0 Å². The van der Waals surface area contributed by atoms with Crippen LogP contribution in [0.1, 0.15) is 0 Å². The Morgan fingerprint density at radius 3 is 2.88 bits per heavy atom. The van der Waals surface area contributed by atoms with E-state index < -0.39 is 0 Å². The Morgan fingerprint density at radius 1 is 1.75 bits per heavy atom. The lowest BCUT2D eigenvalue weighted by molar-refractivity contribution is -0.116. The van der Waals surface area contributed by atoms with E-state index in [2.05, 4.69) is 9.65 Å². The van der Waals surface area contributed by atoms with E-state index in [1.807, 2.05) is 0 Å². The highest BCUT2D eigenvalue weighted by molar-refractivity contribution is 7.94. The summed E-state index contributed by atoms with van der Waals surface area (Å²) < 4.78 is 3.84. The molecule has 0 unspecified atom stereocenters. The van der Waals surface area contributed by atoms with Gasteiger partial charge in [0, 0.05) is 30.9 Å². The van der Waals surface area contributed by atoms with Crippen LogP contribution in [0, 0.1) is 5.92 Å². The maximum Gasteiger partial charge on any atom is 0.0315 e. The van der Waals surface area contributed by atoms with Gasteiger partial charge in [-0.15, -0.1) is 0 Å². The van der Waals surface area contributed by atoms with E-state index in [-0.39, 0.29) is 0 Å². The first-order valence-electron chi connectivity index (χ1n) is 2.57. The molecule has 1 saturated heterocycles. The summed E-state index contributed by atoms with van der Waals surface area (Å²) in [5, 5.41) is 11.0. The molecule has 48 valence electrons. The summed E-state index contributed by atoms with van der Waals surface area (Å²) in [6.45, 7) is 2.13. The summed E-state index contributed by atoms with van der Waals surface area (Å²) >= 11 is 1.11. The Balaban J connectivity index is 1.86. The number of hydrogen-bond acceptors (Lipinski definition) is 4. The largest absolute Gasteiger partial charge is 0.316 e. The topological polar surface area (TPSA) is 41.5 Å². The second kappa shape index (κ2) is 3.29. The van der Waals surface area contributed by atoms with Gasteiger partial charge in [0.05, 0.1) is 0 Å². The Kier molecular flexibility index (Phi) is 2.62. The molecule has 0 bridgehead atoms. The molecule has 0 aromatic rings. The van der Waals surface area contributed by atoms with Crippen LogP contribution in [-0.2, 0) is 4.33 Å². The van der Waals surface area contributed by atoms with Crippen LogP contribution in [0.2, 0.25) is 0 Å². The third-order valence-electron chi connectivity index (χ3n) is 1.22. The number of rotatable bonds is 3. The maximum atomic E-state index is 7.88. The SMILES string of the molecule is OOSCC1CNC1. The van der Waals surface area contributed by atoms with Crippen molar-refractivity contribution in [2.45, 2.75) is 0 Å². The first-order chi connectivity index (χ1) is 3.93. The second-order valence-corrected chi connectivity index (χ2v) is 2.60. The van der Waals surface area contributed by atoms with E-state index in [0.29, 0.717) is 5.92 Å². The fourth-order valence-electron chi connectivity index (χ4n) is 0.593. The Bertz CT molecular complexity index is 67.1. The van der Waals surface area contributed by atoms with Gasteiger partial charge >= 0.3 is 0 Å². The smallest absolute Gasteiger partial charge is 0.0315 e. The first kappa shape index (κ1) is 6.35. The second-order valence-electron chi connectivity index (χ2n) is 1.88. The highest BCUT2D eigenvalue weighted by atomic mass is 32.2. The molecule has 1 fully saturated rings. The van der Waals surface area contributed by atoms with Crippen molar-refractivity contribution in [1.29, 1.82) is 0 Å². The van der Waals surface area contributed by atoms with Gasteiger partial charge in [-0.1, -0.05) is 0 Å². The molecule has 1 aliphatic rings. The molecule has 0 amide bonds. The van der Waals surface area contributed by atoms with Gasteiger partial charge in [-0.3, -0.25) is 0 Å². The zero-order chi connectivity index (χ0) is 5.82. The van der Waals surface area contributed by atoms with Gasteiger partial charge in [0.25, 0.3) is 0 Å². The van der Waals surface area contributed by atoms with Crippen LogP contribution in [0.4, 0.5) is 0 Å². The normalized spacial score (nSPS) is 20.6. The van der Waals surface area contributed by atoms with E-state index in [1.165, 1.54) is 0 Å². The lowest BCUT2D eigenvalue weighted by Crippen LogP contribution is -2.43. The van der Waals surface area contributed by atoms with Gasteiger partial charge in [-0.25, -0.2) is 5.26 Å². The van der Waals surface area contributed by atoms with Gasteiger partial charge < -0.3 is 5.32 Å². The third kappa shape index (κ3) is 1.63. The average Bonchev–Trinajstić information content (AvgIpc) is 1.63. The van der Waals surface area contributed by atoms with Crippen molar-refractivity contribution < 1.29 is 9.59 Å². The lowest BCUT2D eigenvalue weighted by atomic mass is 10.1. The van der Waals surface area contributed by atoms with Crippen molar-refractivity contribution in [2.75, 3.05) is 18.8 Å². The van der Waals surface area contributed by atoms with Gasteiger partial charge in [0.15, 0.2) is 0 Å². The summed E-state index contributed by atoms with van der Waals surface area (Å²) in [5.41, 5.74) is 0. The molecular weight excluding hydrogens is 126 g/mol. The average molecular weight is 135 g/mol. The Hall–Kier alpha value is 0.230. The maximum absolute atomic E-state index is 7.88. The third-order valence-corrected chi connectivity index (χ3v) is 1.94. The summed E-state index contributed by atoms with van der Waals surface area (Å²) in [7, 11) is 0. The molecule has 4 heteroatoms. The minimum absolute atomic E-state index is 0.701. The molecule has 0 radical (unpaired) electrons. The zero-order valence-electron chi connectivity index (χ0n) is 4.46. The molecular formula is C4H9NO2S. The molecule has 2 N–H and O–H groups in total. The standard InChI is InChI=1S/C4H9NO2S/c6-7-8-3-4-1-5-2-4/h4-6H,1-3H2. The van der Waals surface area contributed by atoms with Gasteiger partial charge in [-0.2, -0.15) is 4.33 Å². The predicted molar refractivity (Wildman–Crippen MR) is 32.5 cm³/mol. The van der Waals surface area contributed by atoms with Gasteiger partial charge in [0.2, 0.25) is 0 Å². The van der Waals surface area contributed by atoms with Crippen molar-refractivity contribution in [3.63, 3.8) is 0 Å². The van der Waals surface area contributed by atoms with Gasteiger partial charge in [-0.05, 0) is 5.92 Å². The van der Waals surface area contributed by atoms with Crippen molar-refractivity contribution in [2.24, 2.45) is 5.92 Å². The molecule has 3 nitrogen and oxygen atoms in total. The van der Waals surface area contributed by atoms with Gasteiger partial charge in [0.1, 0.15) is 0 Å². The minimum Gasteiger partial charge on any atom is -0.316 e. The monoisotopic (exact) mass is 135 g/mol. The highest BCUT2D eigenvalue weighted by Crippen LogP contribution is 2.11. The van der Waals surface area contributed by atoms with Crippen LogP contribution in [0.5, 0.6) is 0 Å². The zero-order valence-corrected chi connectivity index (χ0v) is 5.28. The molecule has 0 aromatic heterocycles. The van der Waals surface area contributed by atoms with Crippen molar-refractivity contribution in [1.82, 2.24) is 5.32 Å². The van der Waals surface area contributed by atoms with E-state index >= 15 is 0 Å².